The fraction of sp³-hybridized carbons (Fsp3) is 0.500. The van der Waals surface area contributed by atoms with Crippen molar-refractivity contribution in [3.8, 4) is 0 Å². The molecule has 1 aromatic rings. The molecule has 6 nitrogen and oxygen atoms in total. The summed E-state index contributed by atoms with van der Waals surface area (Å²) in [5, 5.41) is 9.23. The van der Waals surface area contributed by atoms with Gasteiger partial charge >= 0.3 is 12.1 Å². The number of benzene rings is 1. The molecule has 1 fully saturated rings. The van der Waals surface area contributed by atoms with Gasteiger partial charge in [-0.05, 0) is 12.5 Å². The molecule has 1 amide bonds. The number of carbonyl (C=O) groups excluding carboxylic acids is 2. The third kappa shape index (κ3) is 3.42. The third-order valence-electron chi connectivity index (χ3n) is 4.29. The largest absolute Gasteiger partial charge is 0.480 e. The van der Waals surface area contributed by atoms with Crippen LogP contribution in [0.15, 0.2) is 30.3 Å². The van der Waals surface area contributed by atoms with Gasteiger partial charge in [0, 0.05) is 12.0 Å². The van der Waals surface area contributed by atoms with Crippen molar-refractivity contribution in [3.05, 3.63) is 35.9 Å². The first-order valence-corrected chi connectivity index (χ1v) is 7.83. The molecule has 0 radical (unpaired) electrons. The van der Waals surface area contributed by atoms with Crippen LogP contribution in [0.3, 0.4) is 0 Å². The number of carbonyl (C=O) groups is 3. The molecule has 1 aliphatic rings. The average Bonchev–Trinajstić information content (AvgIpc) is 2.81. The number of nitrogens with zero attached hydrogens (tertiary/aromatic N) is 1. The second kappa shape index (κ2) is 6.26. The molecular weight excluding hydrogens is 310 g/mol. The first-order valence-electron chi connectivity index (χ1n) is 7.83. The van der Waals surface area contributed by atoms with Crippen LogP contribution in [0, 0.1) is 10.8 Å². The van der Waals surface area contributed by atoms with Gasteiger partial charge in [-0.3, -0.25) is 14.5 Å². The monoisotopic (exact) mass is 333 g/mol. The molecule has 1 saturated heterocycles. The van der Waals surface area contributed by atoms with Gasteiger partial charge in [-0.25, -0.2) is 4.79 Å². The van der Waals surface area contributed by atoms with E-state index in [4.69, 9.17) is 4.74 Å². The van der Waals surface area contributed by atoms with Gasteiger partial charge in [0.25, 0.3) is 0 Å². The molecule has 1 aliphatic heterocycles. The molecule has 0 aromatic heterocycles. The van der Waals surface area contributed by atoms with Crippen molar-refractivity contribution in [2.75, 3.05) is 13.1 Å². The normalized spacial score (nSPS) is 22.3. The number of likely N-dealkylation sites (tertiary alicyclic amines) is 1. The molecule has 2 atom stereocenters. The SMILES string of the molecule is CC(C)(C)C(OC(=O)N1CC(=O)[C@@](C)(C(=O)O)C1)c1ccccc1. The number of hydrogen-bond donors (Lipinski definition) is 1. The Kier molecular flexibility index (Phi) is 4.69. The Morgan fingerprint density at radius 2 is 1.83 bits per heavy atom. The van der Waals surface area contributed by atoms with Crippen LogP contribution < -0.4 is 0 Å². The van der Waals surface area contributed by atoms with E-state index < -0.39 is 29.4 Å². The van der Waals surface area contributed by atoms with Crippen molar-refractivity contribution in [1.82, 2.24) is 4.90 Å². The fourth-order valence-electron chi connectivity index (χ4n) is 2.74. The maximum absolute atomic E-state index is 12.5. The Labute approximate surface area is 141 Å². The van der Waals surface area contributed by atoms with E-state index in [1.807, 2.05) is 51.1 Å². The predicted octanol–water partition coefficient (Wildman–Crippen LogP) is 2.89. The van der Waals surface area contributed by atoms with Crippen LogP contribution in [-0.4, -0.2) is 40.9 Å². The van der Waals surface area contributed by atoms with Gasteiger partial charge in [0.2, 0.25) is 0 Å². The Morgan fingerprint density at radius 1 is 1.25 bits per heavy atom. The lowest BCUT2D eigenvalue weighted by atomic mass is 9.84. The highest BCUT2D eigenvalue weighted by Crippen LogP contribution is 2.37. The Balaban J connectivity index is 2.18. The van der Waals surface area contributed by atoms with Crippen molar-refractivity contribution in [2.45, 2.75) is 33.8 Å². The maximum atomic E-state index is 12.5. The van der Waals surface area contributed by atoms with E-state index in [1.54, 1.807) is 0 Å². The van der Waals surface area contributed by atoms with Crippen molar-refractivity contribution in [2.24, 2.45) is 10.8 Å². The number of Topliss-reactive ketones (excluding diaryl/α,β-unsaturated/α-hetero) is 1. The number of carboxylic acids is 1. The smallest absolute Gasteiger partial charge is 0.410 e. The van der Waals surface area contributed by atoms with E-state index in [2.05, 4.69) is 0 Å². The summed E-state index contributed by atoms with van der Waals surface area (Å²) in [6.07, 6.45) is -1.17. The van der Waals surface area contributed by atoms with Crippen LogP contribution in [0.5, 0.6) is 0 Å². The number of carboxylic acid groups (broad SMARTS) is 1. The zero-order valence-electron chi connectivity index (χ0n) is 14.4. The van der Waals surface area contributed by atoms with Gasteiger partial charge in [-0.1, -0.05) is 51.1 Å². The lowest BCUT2D eigenvalue weighted by molar-refractivity contribution is -0.151. The van der Waals surface area contributed by atoms with Crippen LogP contribution in [0.1, 0.15) is 39.4 Å². The van der Waals surface area contributed by atoms with Gasteiger partial charge in [0.1, 0.15) is 11.5 Å². The Morgan fingerprint density at radius 3 is 2.29 bits per heavy atom. The highest BCUT2D eigenvalue weighted by molar-refractivity contribution is 6.06. The Hall–Kier alpha value is -2.37. The fourth-order valence-corrected chi connectivity index (χ4v) is 2.74. The number of ether oxygens (including phenoxy) is 1. The van der Waals surface area contributed by atoms with Gasteiger partial charge < -0.3 is 9.84 Å². The Bertz CT molecular complexity index is 649. The number of amides is 1. The van der Waals surface area contributed by atoms with Gasteiger partial charge in [0.15, 0.2) is 5.78 Å². The minimum Gasteiger partial charge on any atom is -0.480 e. The van der Waals surface area contributed by atoms with E-state index in [0.29, 0.717) is 0 Å². The van der Waals surface area contributed by atoms with Gasteiger partial charge in [-0.15, -0.1) is 0 Å². The molecular formula is C18H23NO5. The number of aliphatic carboxylic acids is 1. The molecule has 130 valence electrons. The minimum atomic E-state index is -1.57. The first kappa shape index (κ1) is 18.0. The molecule has 24 heavy (non-hydrogen) atoms. The van der Waals surface area contributed by atoms with E-state index in [-0.39, 0.29) is 18.5 Å². The minimum absolute atomic E-state index is 0.175. The summed E-state index contributed by atoms with van der Waals surface area (Å²) in [5.74, 6) is -1.71. The molecule has 0 bridgehead atoms. The summed E-state index contributed by atoms with van der Waals surface area (Å²) >= 11 is 0. The summed E-state index contributed by atoms with van der Waals surface area (Å²) in [6, 6.07) is 9.35. The highest BCUT2D eigenvalue weighted by Gasteiger charge is 2.50. The lowest BCUT2D eigenvalue weighted by Gasteiger charge is -2.32. The van der Waals surface area contributed by atoms with E-state index >= 15 is 0 Å². The average molecular weight is 333 g/mol. The maximum Gasteiger partial charge on any atom is 0.410 e. The second-order valence-corrected chi connectivity index (χ2v) is 7.46. The van der Waals surface area contributed by atoms with Crippen LogP contribution in [0.2, 0.25) is 0 Å². The first-order chi connectivity index (χ1) is 11.1. The molecule has 0 aliphatic carbocycles. The van der Waals surface area contributed by atoms with Crippen LogP contribution in [-0.2, 0) is 14.3 Å². The number of rotatable bonds is 3. The van der Waals surface area contributed by atoms with E-state index in [1.165, 1.54) is 6.92 Å². The summed E-state index contributed by atoms with van der Waals surface area (Å²) in [6.45, 7) is 6.78. The van der Waals surface area contributed by atoms with E-state index in [9.17, 15) is 19.5 Å². The molecule has 2 rings (SSSR count). The lowest BCUT2D eigenvalue weighted by Crippen LogP contribution is -2.38. The van der Waals surface area contributed by atoms with Crippen molar-refractivity contribution in [1.29, 1.82) is 0 Å². The third-order valence-corrected chi connectivity index (χ3v) is 4.29. The molecule has 1 heterocycles. The number of hydrogen-bond acceptors (Lipinski definition) is 4. The van der Waals surface area contributed by atoms with Crippen LogP contribution in [0.4, 0.5) is 4.79 Å². The number of ketones is 1. The second-order valence-electron chi connectivity index (χ2n) is 7.46. The highest BCUT2D eigenvalue weighted by atomic mass is 16.6. The zero-order valence-corrected chi connectivity index (χ0v) is 14.4. The predicted molar refractivity (Wildman–Crippen MR) is 87.4 cm³/mol. The molecule has 1 N–H and O–H groups in total. The van der Waals surface area contributed by atoms with E-state index in [0.717, 1.165) is 10.5 Å². The summed E-state index contributed by atoms with van der Waals surface area (Å²) in [4.78, 5) is 36.9. The summed E-state index contributed by atoms with van der Waals surface area (Å²) in [7, 11) is 0. The van der Waals surface area contributed by atoms with Crippen molar-refractivity contribution in [3.63, 3.8) is 0 Å². The molecule has 1 aromatic carbocycles. The van der Waals surface area contributed by atoms with Crippen molar-refractivity contribution < 1.29 is 24.2 Å². The van der Waals surface area contributed by atoms with Gasteiger partial charge in [0.05, 0.1) is 6.54 Å². The van der Waals surface area contributed by atoms with Crippen LogP contribution >= 0.6 is 0 Å². The standard InChI is InChI=1S/C18H23NO5/c1-17(2,3)14(12-8-6-5-7-9-12)24-16(23)19-10-13(20)18(4,11-19)15(21)22/h5-9,14H,10-11H2,1-4H3,(H,21,22)/t14?,18-/m0/s1. The van der Waals surface area contributed by atoms with Gasteiger partial charge in [-0.2, -0.15) is 0 Å². The zero-order chi connectivity index (χ0) is 18.1. The molecule has 6 heteroatoms. The quantitative estimate of drug-likeness (QED) is 0.860. The molecule has 1 unspecified atom stereocenters. The van der Waals surface area contributed by atoms with Crippen LogP contribution in [0.25, 0.3) is 0 Å². The van der Waals surface area contributed by atoms with Crippen molar-refractivity contribution >= 4 is 17.8 Å². The summed E-state index contributed by atoms with van der Waals surface area (Å²) in [5.41, 5.74) is -1.07. The molecule has 0 spiro atoms. The topological polar surface area (TPSA) is 83.9 Å². The summed E-state index contributed by atoms with van der Waals surface area (Å²) < 4.78 is 5.65. The molecule has 0 saturated carbocycles.